The van der Waals surface area contributed by atoms with Crippen molar-refractivity contribution in [3.8, 4) is 0 Å². The largest absolute Gasteiger partial charge is 0.336 e. The molecule has 0 spiro atoms. The van der Waals surface area contributed by atoms with Crippen molar-refractivity contribution in [2.45, 2.75) is 25.8 Å². The Kier molecular flexibility index (Phi) is 9.05. The van der Waals surface area contributed by atoms with Crippen molar-refractivity contribution < 1.29 is 14.0 Å². The Bertz CT molecular complexity index is 1080. The fraction of sp³-hybridized carbons (Fsp3) is 0.423. The molecule has 2 aliphatic heterocycles. The highest BCUT2D eigenvalue weighted by Crippen LogP contribution is 2.28. The molecule has 0 unspecified atom stereocenters. The van der Waals surface area contributed by atoms with Gasteiger partial charge in [0, 0.05) is 42.9 Å². The van der Waals surface area contributed by atoms with Crippen LogP contribution in [0.4, 0.5) is 15.8 Å². The quantitative estimate of drug-likeness (QED) is 0.457. The van der Waals surface area contributed by atoms with Crippen LogP contribution in [-0.4, -0.2) is 83.5 Å². The summed E-state index contributed by atoms with van der Waals surface area (Å²) in [5.74, 6) is -0.920. The molecule has 2 heterocycles. The molecule has 2 amide bonds. The standard InChI is InChI=1S/C26H31BrFN5O2S/c1-2-30-14-16-31(17-15-30)12-3-13-32-23(18-24(34)29-21-8-4-19(27)5-9-21)25(35)33(26(32)36)22-10-6-20(28)7-11-22/h4-11,23H,2-3,12-18H2,1H3,(H,29,34)/t23-/m1/s1. The number of likely N-dealkylation sites (N-methyl/N-ethyl adjacent to an activating group) is 1. The molecule has 2 aromatic rings. The molecule has 10 heteroatoms. The van der Waals surface area contributed by atoms with Crippen molar-refractivity contribution in [3.63, 3.8) is 0 Å². The van der Waals surface area contributed by atoms with Gasteiger partial charge in [-0.15, -0.1) is 0 Å². The van der Waals surface area contributed by atoms with Crippen LogP contribution in [0.3, 0.4) is 0 Å². The lowest BCUT2D eigenvalue weighted by molar-refractivity contribution is -0.124. The van der Waals surface area contributed by atoms with Gasteiger partial charge in [-0.1, -0.05) is 22.9 Å². The predicted molar refractivity (Wildman–Crippen MR) is 148 cm³/mol. The van der Waals surface area contributed by atoms with Gasteiger partial charge in [0.05, 0.1) is 12.1 Å². The zero-order valence-corrected chi connectivity index (χ0v) is 22.7. The van der Waals surface area contributed by atoms with Gasteiger partial charge in [0.1, 0.15) is 11.9 Å². The van der Waals surface area contributed by atoms with E-state index in [1.54, 1.807) is 12.1 Å². The molecule has 0 aromatic heterocycles. The summed E-state index contributed by atoms with van der Waals surface area (Å²) in [5.41, 5.74) is 1.16. The Labute approximate surface area is 225 Å². The first-order valence-corrected chi connectivity index (χ1v) is 13.5. The number of amides is 2. The maximum atomic E-state index is 13.5. The number of piperazine rings is 1. The average Bonchev–Trinajstić information content (AvgIpc) is 3.10. The number of halogens is 2. The molecule has 4 rings (SSSR count). The van der Waals surface area contributed by atoms with Gasteiger partial charge in [-0.2, -0.15) is 0 Å². The zero-order valence-electron chi connectivity index (χ0n) is 20.3. The van der Waals surface area contributed by atoms with Crippen LogP contribution >= 0.6 is 28.1 Å². The van der Waals surface area contributed by atoms with E-state index in [1.807, 2.05) is 17.0 Å². The first kappa shape index (κ1) is 26.7. The first-order chi connectivity index (χ1) is 17.4. The van der Waals surface area contributed by atoms with E-state index in [1.165, 1.54) is 29.2 Å². The molecule has 7 nitrogen and oxygen atoms in total. The van der Waals surface area contributed by atoms with Crippen LogP contribution in [-0.2, 0) is 9.59 Å². The third-order valence-corrected chi connectivity index (χ3v) is 7.64. The number of hydrogen-bond acceptors (Lipinski definition) is 5. The molecule has 192 valence electrons. The molecule has 0 radical (unpaired) electrons. The van der Waals surface area contributed by atoms with Gasteiger partial charge in [-0.05, 0) is 80.3 Å². The Morgan fingerprint density at radius 3 is 2.31 bits per heavy atom. The van der Waals surface area contributed by atoms with E-state index in [0.717, 1.165) is 50.2 Å². The van der Waals surface area contributed by atoms with Gasteiger partial charge < -0.3 is 20.0 Å². The summed E-state index contributed by atoms with van der Waals surface area (Å²) < 4.78 is 14.4. The minimum atomic E-state index is -0.713. The number of benzene rings is 2. The number of thiocarbonyl (C=S) groups is 1. The number of hydrogen-bond donors (Lipinski definition) is 1. The van der Waals surface area contributed by atoms with Crippen molar-refractivity contribution in [2.75, 3.05) is 56.0 Å². The molecule has 2 fully saturated rings. The topological polar surface area (TPSA) is 59.1 Å². The third kappa shape index (κ3) is 6.47. The van der Waals surface area contributed by atoms with E-state index in [9.17, 15) is 14.0 Å². The summed E-state index contributed by atoms with van der Waals surface area (Å²) in [6.07, 6.45) is 0.795. The lowest BCUT2D eigenvalue weighted by atomic mass is 10.1. The van der Waals surface area contributed by atoms with Gasteiger partial charge >= 0.3 is 0 Å². The second-order valence-corrected chi connectivity index (χ2v) is 10.3. The summed E-state index contributed by atoms with van der Waals surface area (Å²) in [5, 5.41) is 3.22. The summed E-state index contributed by atoms with van der Waals surface area (Å²) in [6, 6.07) is 12.2. The SMILES string of the molecule is CCN1CCN(CCCN2C(=S)N(c3ccc(F)cc3)C(=O)[C@H]2CC(=O)Nc2ccc(Br)cc2)CC1. The molecule has 0 saturated carbocycles. The van der Waals surface area contributed by atoms with Crippen LogP contribution in [0, 0.1) is 5.82 Å². The van der Waals surface area contributed by atoms with Crippen molar-refractivity contribution in [2.24, 2.45) is 0 Å². The fourth-order valence-corrected chi connectivity index (χ4v) is 5.31. The number of rotatable bonds is 9. The number of nitrogens with zero attached hydrogens (tertiary/aromatic N) is 4. The lowest BCUT2D eigenvalue weighted by Gasteiger charge is -2.34. The van der Waals surface area contributed by atoms with E-state index in [0.29, 0.717) is 23.0 Å². The Morgan fingerprint density at radius 1 is 1.03 bits per heavy atom. The van der Waals surface area contributed by atoms with Gasteiger partial charge in [0.2, 0.25) is 5.91 Å². The summed E-state index contributed by atoms with van der Waals surface area (Å²) in [4.78, 5) is 34.5. The molecule has 0 aliphatic carbocycles. The summed E-state index contributed by atoms with van der Waals surface area (Å²) in [7, 11) is 0. The molecule has 2 aliphatic rings. The maximum absolute atomic E-state index is 13.5. The summed E-state index contributed by atoms with van der Waals surface area (Å²) in [6.45, 7) is 8.90. The smallest absolute Gasteiger partial charge is 0.256 e. The molecular formula is C26H31BrFN5O2S. The van der Waals surface area contributed by atoms with Gasteiger partial charge in [0.15, 0.2) is 5.11 Å². The first-order valence-electron chi connectivity index (χ1n) is 12.3. The highest BCUT2D eigenvalue weighted by molar-refractivity contribution is 9.10. The maximum Gasteiger partial charge on any atom is 0.256 e. The highest BCUT2D eigenvalue weighted by atomic mass is 79.9. The predicted octanol–water partition coefficient (Wildman–Crippen LogP) is 3.95. The van der Waals surface area contributed by atoms with Gasteiger partial charge in [-0.25, -0.2) is 4.39 Å². The van der Waals surface area contributed by atoms with E-state index < -0.39 is 6.04 Å². The normalized spacial score (nSPS) is 19.2. The lowest BCUT2D eigenvalue weighted by Crippen LogP contribution is -2.47. The van der Waals surface area contributed by atoms with E-state index >= 15 is 0 Å². The second kappa shape index (κ2) is 12.2. The van der Waals surface area contributed by atoms with Crippen molar-refractivity contribution in [1.82, 2.24) is 14.7 Å². The highest BCUT2D eigenvalue weighted by Gasteiger charge is 2.43. The number of anilines is 2. The van der Waals surface area contributed by atoms with Crippen LogP contribution in [0.1, 0.15) is 19.8 Å². The number of carbonyl (C=O) groups is 2. The Hall–Kier alpha value is -2.40. The minimum absolute atomic E-state index is 0.0259. The molecule has 0 bridgehead atoms. The average molecular weight is 577 g/mol. The molecule has 2 aromatic carbocycles. The van der Waals surface area contributed by atoms with Crippen molar-refractivity contribution in [1.29, 1.82) is 0 Å². The molecule has 1 atom stereocenters. The molecular weight excluding hydrogens is 545 g/mol. The van der Waals surface area contributed by atoms with Gasteiger partial charge in [0.25, 0.3) is 5.91 Å². The fourth-order valence-electron chi connectivity index (χ4n) is 4.63. The van der Waals surface area contributed by atoms with E-state index in [2.05, 4.69) is 38.0 Å². The van der Waals surface area contributed by atoms with Crippen LogP contribution < -0.4 is 10.2 Å². The van der Waals surface area contributed by atoms with E-state index in [-0.39, 0.29) is 24.1 Å². The number of nitrogens with one attached hydrogen (secondary N) is 1. The molecule has 36 heavy (non-hydrogen) atoms. The van der Waals surface area contributed by atoms with Crippen LogP contribution in [0.25, 0.3) is 0 Å². The minimum Gasteiger partial charge on any atom is -0.336 e. The monoisotopic (exact) mass is 575 g/mol. The van der Waals surface area contributed by atoms with E-state index in [4.69, 9.17) is 12.2 Å². The van der Waals surface area contributed by atoms with Crippen LogP contribution in [0.15, 0.2) is 53.0 Å². The summed E-state index contributed by atoms with van der Waals surface area (Å²) >= 11 is 9.09. The second-order valence-electron chi connectivity index (χ2n) is 9.03. The zero-order chi connectivity index (χ0) is 25.7. The van der Waals surface area contributed by atoms with Gasteiger partial charge in [-0.3, -0.25) is 14.5 Å². The number of carbonyl (C=O) groups excluding carboxylic acids is 2. The Balaban J connectivity index is 1.44. The van der Waals surface area contributed by atoms with Crippen LogP contribution in [0.5, 0.6) is 0 Å². The Morgan fingerprint density at radius 2 is 1.67 bits per heavy atom. The van der Waals surface area contributed by atoms with Crippen LogP contribution in [0.2, 0.25) is 0 Å². The molecule has 1 N–H and O–H groups in total. The van der Waals surface area contributed by atoms with Crippen molar-refractivity contribution >= 4 is 56.4 Å². The molecule has 2 saturated heterocycles. The third-order valence-electron chi connectivity index (χ3n) is 6.70. The van der Waals surface area contributed by atoms with Crippen molar-refractivity contribution in [3.05, 3.63) is 58.8 Å².